The van der Waals surface area contributed by atoms with Gasteiger partial charge in [0.05, 0.1) is 5.56 Å². The number of benzene rings is 2. The van der Waals surface area contributed by atoms with E-state index in [4.69, 9.17) is 0 Å². The standard InChI is InChI=1S/C22H23N5O2/c1-15(28)24-18-5-4-6-19(13-18)26-22(29)16-7-12-21(23-14-16)25-17-8-10-20(11-9-17)27(2)3/h4-14H,1-3H3,(H,23,25)(H,24,28)(H,26,29). The second-order valence-electron chi connectivity index (χ2n) is 6.71. The van der Waals surface area contributed by atoms with Crippen molar-refractivity contribution in [3.8, 4) is 0 Å². The third-order valence-electron chi connectivity index (χ3n) is 4.12. The van der Waals surface area contributed by atoms with Crippen molar-refractivity contribution in [3.63, 3.8) is 0 Å². The number of rotatable bonds is 6. The molecule has 3 rings (SSSR count). The van der Waals surface area contributed by atoms with Gasteiger partial charge in [0.25, 0.3) is 5.91 Å². The fourth-order valence-corrected chi connectivity index (χ4v) is 2.67. The van der Waals surface area contributed by atoms with Crippen LogP contribution in [0.15, 0.2) is 66.9 Å². The second kappa shape index (κ2) is 8.88. The van der Waals surface area contributed by atoms with Crippen molar-refractivity contribution in [3.05, 3.63) is 72.4 Å². The molecule has 7 heteroatoms. The van der Waals surface area contributed by atoms with Gasteiger partial charge in [-0.15, -0.1) is 0 Å². The molecule has 0 aliphatic carbocycles. The van der Waals surface area contributed by atoms with Gasteiger partial charge in [-0.2, -0.15) is 0 Å². The molecule has 0 aliphatic heterocycles. The Balaban J connectivity index is 1.63. The van der Waals surface area contributed by atoms with Crippen LogP contribution in [0.3, 0.4) is 0 Å². The first-order chi connectivity index (χ1) is 13.9. The van der Waals surface area contributed by atoms with Gasteiger partial charge in [0, 0.05) is 50.0 Å². The number of hydrogen-bond donors (Lipinski definition) is 3. The molecule has 0 spiro atoms. The molecule has 0 aliphatic rings. The number of aromatic nitrogens is 1. The van der Waals surface area contributed by atoms with Crippen molar-refractivity contribution in [2.45, 2.75) is 6.92 Å². The lowest BCUT2D eigenvalue weighted by molar-refractivity contribution is -0.114. The molecule has 29 heavy (non-hydrogen) atoms. The predicted molar refractivity (Wildman–Crippen MR) is 117 cm³/mol. The Bertz CT molecular complexity index is 998. The van der Waals surface area contributed by atoms with E-state index in [9.17, 15) is 9.59 Å². The molecular weight excluding hydrogens is 366 g/mol. The number of amides is 2. The van der Waals surface area contributed by atoms with Crippen LogP contribution < -0.4 is 20.9 Å². The summed E-state index contributed by atoms with van der Waals surface area (Å²) in [5.41, 5.74) is 3.66. The SMILES string of the molecule is CC(=O)Nc1cccc(NC(=O)c2ccc(Nc3ccc(N(C)C)cc3)nc2)c1. The third kappa shape index (κ3) is 5.55. The number of pyridine rings is 1. The van der Waals surface area contributed by atoms with Crippen molar-refractivity contribution in [1.82, 2.24) is 4.98 Å². The van der Waals surface area contributed by atoms with Crippen molar-refractivity contribution in [1.29, 1.82) is 0 Å². The van der Waals surface area contributed by atoms with Crippen LogP contribution in [0.25, 0.3) is 0 Å². The van der Waals surface area contributed by atoms with Crippen LogP contribution in [0.5, 0.6) is 0 Å². The first-order valence-electron chi connectivity index (χ1n) is 9.10. The van der Waals surface area contributed by atoms with E-state index in [1.54, 1.807) is 36.4 Å². The van der Waals surface area contributed by atoms with Gasteiger partial charge in [0.15, 0.2) is 0 Å². The van der Waals surface area contributed by atoms with Crippen LogP contribution in [0.4, 0.5) is 28.6 Å². The minimum absolute atomic E-state index is 0.169. The highest BCUT2D eigenvalue weighted by Gasteiger charge is 2.08. The molecule has 0 fully saturated rings. The molecule has 1 aromatic heterocycles. The monoisotopic (exact) mass is 389 g/mol. The average Bonchev–Trinajstić information content (AvgIpc) is 2.68. The summed E-state index contributed by atoms with van der Waals surface area (Å²) in [6.45, 7) is 1.43. The molecule has 7 nitrogen and oxygen atoms in total. The van der Waals surface area contributed by atoms with E-state index in [0.717, 1.165) is 11.4 Å². The van der Waals surface area contributed by atoms with Gasteiger partial charge >= 0.3 is 0 Å². The molecule has 2 amide bonds. The van der Waals surface area contributed by atoms with Crippen molar-refractivity contribution in [2.24, 2.45) is 0 Å². The number of carbonyl (C=O) groups is 2. The van der Waals surface area contributed by atoms with Crippen molar-refractivity contribution in [2.75, 3.05) is 34.9 Å². The second-order valence-corrected chi connectivity index (χ2v) is 6.71. The predicted octanol–water partition coefficient (Wildman–Crippen LogP) is 4.10. The number of nitrogens with zero attached hydrogens (tertiary/aromatic N) is 2. The molecule has 3 aromatic rings. The summed E-state index contributed by atoms with van der Waals surface area (Å²) in [4.78, 5) is 30.0. The molecule has 0 saturated heterocycles. The first-order valence-corrected chi connectivity index (χ1v) is 9.10. The number of carbonyl (C=O) groups excluding carboxylic acids is 2. The van der Waals surface area contributed by atoms with E-state index in [2.05, 4.69) is 20.9 Å². The highest BCUT2D eigenvalue weighted by molar-refractivity contribution is 6.04. The highest BCUT2D eigenvalue weighted by atomic mass is 16.2. The molecule has 148 valence electrons. The van der Waals surface area contributed by atoms with E-state index < -0.39 is 0 Å². The molecule has 0 radical (unpaired) electrons. The zero-order chi connectivity index (χ0) is 20.8. The van der Waals surface area contributed by atoms with E-state index in [0.29, 0.717) is 22.8 Å². The quantitative estimate of drug-likeness (QED) is 0.591. The maximum Gasteiger partial charge on any atom is 0.257 e. The number of nitrogens with one attached hydrogen (secondary N) is 3. The topological polar surface area (TPSA) is 86.4 Å². The molecule has 2 aromatic carbocycles. The summed E-state index contributed by atoms with van der Waals surface area (Å²) >= 11 is 0. The van der Waals surface area contributed by atoms with Gasteiger partial charge in [0.1, 0.15) is 5.82 Å². The van der Waals surface area contributed by atoms with Gasteiger partial charge in [-0.25, -0.2) is 4.98 Å². The maximum absolute atomic E-state index is 12.5. The summed E-state index contributed by atoms with van der Waals surface area (Å²) in [7, 11) is 3.98. The summed E-state index contributed by atoms with van der Waals surface area (Å²) in [5.74, 6) is 0.197. The van der Waals surface area contributed by atoms with Gasteiger partial charge in [-0.3, -0.25) is 9.59 Å². The smallest absolute Gasteiger partial charge is 0.257 e. The Morgan fingerprint density at radius 3 is 2.14 bits per heavy atom. The Hall–Kier alpha value is -3.87. The summed E-state index contributed by atoms with van der Waals surface area (Å²) in [5, 5.41) is 8.70. The lowest BCUT2D eigenvalue weighted by atomic mass is 10.2. The van der Waals surface area contributed by atoms with E-state index in [-0.39, 0.29) is 11.8 Å². The zero-order valence-electron chi connectivity index (χ0n) is 16.6. The van der Waals surface area contributed by atoms with Crippen LogP contribution in [0.1, 0.15) is 17.3 Å². The van der Waals surface area contributed by atoms with Gasteiger partial charge < -0.3 is 20.9 Å². The normalized spacial score (nSPS) is 10.2. The Kier molecular flexibility index (Phi) is 6.09. The highest BCUT2D eigenvalue weighted by Crippen LogP contribution is 2.20. The lowest BCUT2D eigenvalue weighted by Gasteiger charge is -2.13. The van der Waals surface area contributed by atoms with E-state index in [1.165, 1.54) is 13.1 Å². The van der Waals surface area contributed by atoms with Gasteiger partial charge in [-0.1, -0.05) is 6.07 Å². The third-order valence-corrected chi connectivity index (χ3v) is 4.12. The Morgan fingerprint density at radius 1 is 0.862 bits per heavy atom. The van der Waals surface area contributed by atoms with Crippen molar-refractivity contribution < 1.29 is 9.59 Å². The summed E-state index contributed by atoms with van der Waals surface area (Å²) in [6.07, 6.45) is 1.52. The zero-order valence-corrected chi connectivity index (χ0v) is 16.6. The average molecular weight is 389 g/mol. The Labute approximate surface area is 169 Å². The number of hydrogen-bond acceptors (Lipinski definition) is 5. The minimum Gasteiger partial charge on any atom is -0.378 e. The largest absolute Gasteiger partial charge is 0.378 e. The van der Waals surface area contributed by atoms with Crippen LogP contribution in [-0.2, 0) is 4.79 Å². The van der Waals surface area contributed by atoms with E-state index >= 15 is 0 Å². The molecule has 0 bridgehead atoms. The van der Waals surface area contributed by atoms with Gasteiger partial charge in [0.2, 0.25) is 5.91 Å². The lowest BCUT2D eigenvalue weighted by Crippen LogP contribution is -2.13. The summed E-state index contributed by atoms with van der Waals surface area (Å²) < 4.78 is 0. The van der Waals surface area contributed by atoms with Crippen LogP contribution in [0, 0.1) is 0 Å². The molecule has 0 atom stereocenters. The van der Waals surface area contributed by atoms with Crippen LogP contribution in [-0.4, -0.2) is 30.9 Å². The fraction of sp³-hybridized carbons (Fsp3) is 0.136. The summed E-state index contributed by atoms with van der Waals surface area (Å²) in [6, 6.07) is 18.4. The minimum atomic E-state index is -0.278. The molecule has 0 saturated carbocycles. The van der Waals surface area contributed by atoms with Crippen molar-refractivity contribution >= 4 is 40.4 Å². The molecule has 3 N–H and O–H groups in total. The first kappa shape index (κ1) is 19.9. The van der Waals surface area contributed by atoms with Crippen LogP contribution >= 0.6 is 0 Å². The van der Waals surface area contributed by atoms with Crippen LogP contribution in [0.2, 0.25) is 0 Å². The molecule has 1 heterocycles. The number of anilines is 5. The van der Waals surface area contributed by atoms with E-state index in [1.807, 2.05) is 43.3 Å². The molecular formula is C22H23N5O2. The Morgan fingerprint density at radius 2 is 1.55 bits per heavy atom. The van der Waals surface area contributed by atoms with Gasteiger partial charge in [-0.05, 0) is 54.6 Å². The fourth-order valence-electron chi connectivity index (χ4n) is 2.67. The maximum atomic E-state index is 12.5. The molecule has 0 unspecified atom stereocenters.